The second-order valence-electron chi connectivity index (χ2n) is 5.61. The first kappa shape index (κ1) is 15.9. The van der Waals surface area contributed by atoms with Gasteiger partial charge >= 0.3 is 0 Å². The summed E-state index contributed by atoms with van der Waals surface area (Å²) in [5, 5.41) is 3.42. The van der Waals surface area contributed by atoms with E-state index in [4.69, 9.17) is 0 Å². The van der Waals surface area contributed by atoms with E-state index in [1.807, 2.05) is 13.8 Å². The molecule has 2 aromatic rings. The zero-order valence-corrected chi connectivity index (χ0v) is 13.9. The highest BCUT2D eigenvalue weighted by Crippen LogP contribution is 2.32. The molecule has 0 radical (unpaired) electrons. The minimum absolute atomic E-state index is 0.121. The van der Waals surface area contributed by atoms with Crippen molar-refractivity contribution in [2.45, 2.75) is 43.4 Å². The summed E-state index contributed by atoms with van der Waals surface area (Å²) in [5.41, 5.74) is 2.89. The Morgan fingerprint density at radius 3 is 2.74 bits per heavy atom. The summed E-state index contributed by atoms with van der Waals surface area (Å²) in [6.07, 6.45) is 3.06. The van der Waals surface area contributed by atoms with Gasteiger partial charge in [0.15, 0.2) is 0 Å². The topological polar surface area (TPSA) is 54.9 Å². The van der Waals surface area contributed by atoms with Gasteiger partial charge in [-0.15, -0.1) is 0 Å². The molecule has 6 heteroatoms. The zero-order chi connectivity index (χ0) is 16.4. The molecule has 1 aromatic heterocycles. The standard InChI is InChI=1S/C17H18FN3OS/c1-10(16(22)21-13-8-6-12(18)7-9-13)23-17-14-4-3-5-15(14)19-11(2)20-17/h6-10H,3-5H2,1-2H3,(H,21,22). The number of fused-ring (bicyclic) bond motifs is 1. The Morgan fingerprint density at radius 2 is 2.00 bits per heavy atom. The average molecular weight is 331 g/mol. The number of aryl methyl sites for hydroxylation is 2. The molecule has 1 unspecified atom stereocenters. The summed E-state index contributed by atoms with van der Waals surface area (Å²) in [4.78, 5) is 21.3. The number of carbonyl (C=O) groups is 1. The number of halogens is 1. The van der Waals surface area contributed by atoms with Gasteiger partial charge in [-0.1, -0.05) is 11.8 Å². The second-order valence-corrected chi connectivity index (χ2v) is 6.94. The second kappa shape index (κ2) is 6.66. The maximum Gasteiger partial charge on any atom is 0.237 e. The third kappa shape index (κ3) is 3.69. The van der Waals surface area contributed by atoms with E-state index in [-0.39, 0.29) is 17.0 Å². The summed E-state index contributed by atoms with van der Waals surface area (Å²) < 4.78 is 12.9. The summed E-state index contributed by atoms with van der Waals surface area (Å²) in [7, 11) is 0. The van der Waals surface area contributed by atoms with Crippen molar-refractivity contribution in [1.82, 2.24) is 9.97 Å². The van der Waals surface area contributed by atoms with Crippen molar-refractivity contribution in [2.75, 3.05) is 5.32 Å². The molecule has 1 aromatic carbocycles. The number of carbonyl (C=O) groups excluding carboxylic acids is 1. The fraction of sp³-hybridized carbons (Fsp3) is 0.353. The van der Waals surface area contributed by atoms with Gasteiger partial charge in [-0.2, -0.15) is 0 Å². The molecular weight excluding hydrogens is 313 g/mol. The lowest BCUT2D eigenvalue weighted by Crippen LogP contribution is -2.22. The molecule has 0 spiro atoms. The maximum absolute atomic E-state index is 12.9. The molecule has 23 heavy (non-hydrogen) atoms. The van der Waals surface area contributed by atoms with E-state index >= 15 is 0 Å². The minimum atomic E-state index is -0.322. The molecule has 1 aliphatic rings. The third-order valence-electron chi connectivity index (χ3n) is 3.78. The fourth-order valence-electron chi connectivity index (χ4n) is 2.61. The number of hydrogen-bond acceptors (Lipinski definition) is 4. The molecule has 1 amide bonds. The van der Waals surface area contributed by atoms with E-state index in [2.05, 4.69) is 15.3 Å². The number of anilines is 1. The van der Waals surface area contributed by atoms with Crippen LogP contribution >= 0.6 is 11.8 Å². The number of hydrogen-bond donors (Lipinski definition) is 1. The van der Waals surface area contributed by atoms with Crippen LogP contribution in [0.3, 0.4) is 0 Å². The van der Waals surface area contributed by atoms with E-state index in [0.717, 1.165) is 35.8 Å². The van der Waals surface area contributed by atoms with E-state index in [0.29, 0.717) is 5.69 Å². The normalized spacial score (nSPS) is 14.4. The summed E-state index contributed by atoms with van der Waals surface area (Å²) in [6, 6.07) is 5.76. The van der Waals surface area contributed by atoms with E-state index in [1.54, 1.807) is 12.1 Å². The Labute approximate surface area is 138 Å². The quantitative estimate of drug-likeness (QED) is 0.688. The van der Waals surface area contributed by atoms with Crippen molar-refractivity contribution < 1.29 is 9.18 Å². The fourth-order valence-corrected chi connectivity index (χ4v) is 3.66. The van der Waals surface area contributed by atoms with Crippen LogP contribution in [0.2, 0.25) is 0 Å². The Hall–Kier alpha value is -1.95. The van der Waals surface area contributed by atoms with Crippen LogP contribution < -0.4 is 5.32 Å². The summed E-state index contributed by atoms with van der Waals surface area (Å²) in [5.74, 6) is 0.307. The molecule has 0 bridgehead atoms. The number of aromatic nitrogens is 2. The van der Waals surface area contributed by atoms with Gasteiger partial charge in [0.2, 0.25) is 5.91 Å². The van der Waals surface area contributed by atoms with Crippen molar-refractivity contribution >= 4 is 23.4 Å². The maximum atomic E-state index is 12.9. The predicted molar refractivity (Wildman–Crippen MR) is 89.1 cm³/mol. The van der Waals surface area contributed by atoms with Crippen LogP contribution in [0, 0.1) is 12.7 Å². The first-order valence-corrected chi connectivity index (χ1v) is 8.50. The van der Waals surface area contributed by atoms with Crippen LogP contribution in [0.5, 0.6) is 0 Å². The van der Waals surface area contributed by atoms with Gasteiger partial charge in [0.05, 0.1) is 5.25 Å². The van der Waals surface area contributed by atoms with Crippen molar-refractivity contribution in [1.29, 1.82) is 0 Å². The van der Waals surface area contributed by atoms with Gasteiger partial charge in [-0.3, -0.25) is 4.79 Å². The summed E-state index contributed by atoms with van der Waals surface area (Å²) in [6.45, 7) is 3.73. The summed E-state index contributed by atoms with van der Waals surface area (Å²) >= 11 is 1.46. The largest absolute Gasteiger partial charge is 0.325 e. The van der Waals surface area contributed by atoms with Crippen molar-refractivity contribution in [3.05, 3.63) is 47.2 Å². The monoisotopic (exact) mass is 331 g/mol. The number of nitrogens with zero attached hydrogens (tertiary/aromatic N) is 2. The first-order chi connectivity index (χ1) is 11.0. The SMILES string of the molecule is Cc1nc2c(c(SC(C)C(=O)Nc3ccc(F)cc3)n1)CCC2. The number of rotatable bonds is 4. The van der Waals surface area contributed by atoms with Crippen LogP contribution in [-0.4, -0.2) is 21.1 Å². The molecule has 4 nitrogen and oxygen atoms in total. The smallest absolute Gasteiger partial charge is 0.237 e. The lowest BCUT2D eigenvalue weighted by molar-refractivity contribution is -0.115. The van der Waals surface area contributed by atoms with Crippen molar-refractivity contribution in [3.63, 3.8) is 0 Å². The average Bonchev–Trinajstić information content (AvgIpc) is 2.97. The first-order valence-electron chi connectivity index (χ1n) is 7.62. The van der Waals surface area contributed by atoms with Crippen LogP contribution in [0.4, 0.5) is 10.1 Å². The predicted octanol–water partition coefficient (Wildman–Crippen LogP) is 3.53. The van der Waals surface area contributed by atoms with Gasteiger partial charge in [-0.25, -0.2) is 14.4 Å². The van der Waals surface area contributed by atoms with E-state index in [1.165, 1.54) is 29.5 Å². The van der Waals surface area contributed by atoms with Crippen LogP contribution in [-0.2, 0) is 17.6 Å². The number of nitrogens with one attached hydrogen (secondary N) is 1. The van der Waals surface area contributed by atoms with Crippen molar-refractivity contribution in [2.24, 2.45) is 0 Å². The Kier molecular flexibility index (Phi) is 4.61. The molecule has 0 saturated carbocycles. The highest BCUT2D eigenvalue weighted by Gasteiger charge is 2.22. The zero-order valence-electron chi connectivity index (χ0n) is 13.1. The third-order valence-corrected chi connectivity index (χ3v) is 4.90. The lowest BCUT2D eigenvalue weighted by atomic mass is 10.3. The molecular formula is C17H18FN3OS. The number of benzene rings is 1. The highest BCUT2D eigenvalue weighted by atomic mass is 32.2. The van der Waals surface area contributed by atoms with Gasteiger partial charge in [0.1, 0.15) is 16.7 Å². The molecule has 1 heterocycles. The Morgan fingerprint density at radius 1 is 1.26 bits per heavy atom. The molecule has 0 saturated heterocycles. The van der Waals surface area contributed by atoms with E-state index < -0.39 is 0 Å². The lowest BCUT2D eigenvalue weighted by Gasteiger charge is -2.14. The van der Waals surface area contributed by atoms with Crippen LogP contribution in [0.1, 0.15) is 30.4 Å². The van der Waals surface area contributed by atoms with Crippen LogP contribution in [0.25, 0.3) is 0 Å². The van der Waals surface area contributed by atoms with Gasteiger partial charge in [-0.05, 0) is 57.4 Å². The van der Waals surface area contributed by atoms with Crippen molar-refractivity contribution in [3.8, 4) is 0 Å². The molecule has 120 valence electrons. The molecule has 1 aliphatic carbocycles. The van der Waals surface area contributed by atoms with E-state index in [9.17, 15) is 9.18 Å². The van der Waals surface area contributed by atoms with Crippen LogP contribution in [0.15, 0.2) is 29.3 Å². The Bertz CT molecular complexity index is 733. The molecule has 1 N–H and O–H groups in total. The molecule has 3 rings (SSSR count). The number of amides is 1. The number of thioether (sulfide) groups is 1. The Balaban J connectivity index is 1.70. The highest BCUT2D eigenvalue weighted by molar-refractivity contribution is 8.00. The minimum Gasteiger partial charge on any atom is -0.325 e. The van der Waals surface area contributed by atoms with Gasteiger partial charge in [0, 0.05) is 16.9 Å². The molecule has 0 fully saturated rings. The van der Waals surface area contributed by atoms with Gasteiger partial charge in [0.25, 0.3) is 0 Å². The van der Waals surface area contributed by atoms with Gasteiger partial charge < -0.3 is 5.32 Å². The molecule has 1 atom stereocenters. The molecule has 0 aliphatic heterocycles.